The second kappa shape index (κ2) is 6.50. The summed E-state index contributed by atoms with van der Waals surface area (Å²) in [7, 11) is 1.83. The van der Waals surface area contributed by atoms with Gasteiger partial charge >= 0.3 is 0 Å². The fourth-order valence-corrected chi connectivity index (χ4v) is 3.14. The molecule has 5 nitrogen and oxygen atoms in total. The van der Waals surface area contributed by atoms with Gasteiger partial charge in [-0.15, -0.1) is 0 Å². The van der Waals surface area contributed by atoms with E-state index in [1.807, 2.05) is 13.2 Å². The van der Waals surface area contributed by atoms with E-state index in [1.54, 1.807) is 27.9 Å². The van der Waals surface area contributed by atoms with E-state index < -0.39 is 6.10 Å². The summed E-state index contributed by atoms with van der Waals surface area (Å²) in [6.45, 7) is 0.528. The Hall–Kier alpha value is -2.21. The van der Waals surface area contributed by atoms with Gasteiger partial charge in [0.05, 0.1) is 24.8 Å². The van der Waals surface area contributed by atoms with Crippen LogP contribution < -0.4 is 0 Å². The highest BCUT2D eigenvalue weighted by Crippen LogP contribution is 2.23. The Morgan fingerprint density at radius 3 is 2.96 bits per heavy atom. The number of rotatable bonds is 4. The molecule has 0 bridgehead atoms. The number of aliphatic hydroxyl groups excluding tert-OH is 1. The lowest BCUT2D eigenvalue weighted by Gasteiger charge is -2.26. The summed E-state index contributed by atoms with van der Waals surface area (Å²) in [6.07, 6.45) is 4.39. The molecule has 1 amide bonds. The van der Waals surface area contributed by atoms with Crippen LogP contribution in [0, 0.1) is 5.82 Å². The summed E-state index contributed by atoms with van der Waals surface area (Å²) in [4.78, 5) is 14.3. The SMILES string of the molecule is Cn1cc(C[C@@H]2[C@H](O)CCN2C(=O)Cc2cccc(F)c2)cn1. The van der Waals surface area contributed by atoms with Gasteiger partial charge < -0.3 is 10.0 Å². The molecule has 2 atom stereocenters. The Bertz CT molecular complexity index is 701. The molecule has 1 aromatic heterocycles. The van der Waals surface area contributed by atoms with Crippen molar-refractivity contribution in [1.29, 1.82) is 0 Å². The van der Waals surface area contributed by atoms with Crippen molar-refractivity contribution in [3.8, 4) is 0 Å². The van der Waals surface area contributed by atoms with Gasteiger partial charge in [-0.05, 0) is 36.1 Å². The highest BCUT2D eigenvalue weighted by molar-refractivity contribution is 5.79. The van der Waals surface area contributed by atoms with Gasteiger partial charge in [0.15, 0.2) is 0 Å². The van der Waals surface area contributed by atoms with Crippen molar-refractivity contribution in [3.05, 3.63) is 53.6 Å². The van der Waals surface area contributed by atoms with Crippen molar-refractivity contribution in [1.82, 2.24) is 14.7 Å². The second-order valence-electron chi connectivity index (χ2n) is 6.04. The molecule has 0 unspecified atom stereocenters. The van der Waals surface area contributed by atoms with Crippen molar-refractivity contribution < 1.29 is 14.3 Å². The summed E-state index contributed by atoms with van der Waals surface area (Å²) in [5.41, 5.74) is 1.64. The van der Waals surface area contributed by atoms with Crippen LogP contribution >= 0.6 is 0 Å². The average Bonchev–Trinajstić information content (AvgIpc) is 3.06. The predicted octanol–water partition coefficient (Wildman–Crippen LogP) is 1.31. The van der Waals surface area contributed by atoms with Crippen molar-refractivity contribution >= 4 is 5.91 Å². The maximum Gasteiger partial charge on any atom is 0.227 e. The molecule has 122 valence electrons. The Morgan fingerprint density at radius 2 is 2.26 bits per heavy atom. The normalized spacial score (nSPS) is 20.9. The molecule has 0 spiro atoms. The van der Waals surface area contributed by atoms with E-state index in [2.05, 4.69) is 5.10 Å². The van der Waals surface area contributed by atoms with Gasteiger partial charge in [-0.25, -0.2) is 4.39 Å². The van der Waals surface area contributed by atoms with Crippen molar-refractivity contribution in [2.75, 3.05) is 6.54 Å². The van der Waals surface area contributed by atoms with E-state index in [-0.39, 0.29) is 24.2 Å². The second-order valence-corrected chi connectivity index (χ2v) is 6.04. The number of hydrogen-bond donors (Lipinski definition) is 1. The lowest BCUT2D eigenvalue weighted by molar-refractivity contribution is -0.132. The molecule has 0 radical (unpaired) electrons. The zero-order valence-electron chi connectivity index (χ0n) is 13.0. The predicted molar refractivity (Wildman–Crippen MR) is 83.1 cm³/mol. The van der Waals surface area contributed by atoms with Gasteiger partial charge in [0.1, 0.15) is 5.82 Å². The van der Waals surface area contributed by atoms with Crippen LogP contribution in [-0.2, 0) is 24.7 Å². The molecule has 1 aliphatic heterocycles. The number of carbonyl (C=O) groups is 1. The van der Waals surface area contributed by atoms with Crippen molar-refractivity contribution in [2.45, 2.75) is 31.4 Å². The molecular formula is C17H20FN3O2. The Morgan fingerprint density at radius 1 is 1.43 bits per heavy atom. The first-order valence-electron chi connectivity index (χ1n) is 7.72. The number of aliphatic hydroxyl groups is 1. The first-order chi connectivity index (χ1) is 11.0. The number of aryl methyl sites for hydroxylation is 1. The van der Waals surface area contributed by atoms with Crippen LogP contribution in [0.1, 0.15) is 17.5 Å². The number of benzene rings is 1. The van der Waals surface area contributed by atoms with E-state index in [9.17, 15) is 14.3 Å². The summed E-state index contributed by atoms with van der Waals surface area (Å²) in [6, 6.07) is 5.83. The van der Waals surface area contributed by atoms with Gasteiger partial charge in [0.2, 0.25) is 5.91 Å². The molecule has 1 saturated heterocycles. The topological polar surface area (TPSA) is 58.4 Å². The van der Waals surface area contributed by atoms with Gasteiger partial charge in [-0.2, -0.15) is 5.10 Å². The van der Waals surface area contributed by atoms with E-state index in [0.29, 0.717) is 24.9 Å². The summed E-state index contributed by atoms with van der Waals surface area (Å²) < 4.78 is 15.0. The minimum absolute atomic E-state index is 0.0824. The van der Waals surface area contributed by atoms with Gasteiger partial charge in [0, 0.05) is 19.8 Å². The molecule has 0 saturated carbocycles. The maximum absolute atomic E-state index is 13.2. The van der Waals surface area contributed by atoms with E-state index in [0.717, 1.165) is 5.56 Å². The fourth-order valence-electron chi connectivity index (χ4n) is 3.14. The smallest absolute Gasteiger partial charge is 0.227 e. The quantitative estimate of drug-likeness (QED) is 0.925. The molecule has 6 heteroatoms. The van der Waals surface area contributed by atoms with Crippen LogP contribution in [-0.4, -0.2) is 44.4 Å². The standard InChI is InChI=1S/C17H20FN3O2/c1-20-11-13(10-19-20)8-15-16(22)5-6-21(15)17(23)9-12-3-2-4-14(18)7-12/h2-4,7,10-11,15-16,22H,5-6,8-9H2,1H3/t15-,16-/m1/s1. The third-order valence-corrected chi connectivity index (χ3v) is 4.28. The number of halogens is 1. The Balaban J connectivity index is 1.70. The molecular weight excluding hydrogens is 297 g/mol. The number of hydrogen-bond acceptors (Lipinski definition) is 3. The molecule has 3 rings (SSSR count). The lowest BCUT2D eigenvalue weighted by Crippen LogP contribution is -2.41. The first-order valence-corrected chi connectivity index (χ1v) is 7.72. The third kappa shape index (κ3) is 3.59. The fraction of sp³-hybridized carbons (Fsp3) is 0.412. The minimum Gasteiger partial charge on any atom is -0.391 e. The molecule has 1 fully saturated rings. The van der Waals surface area contributed by atoms with Crippen molar-refractivity contribution in [3.63, 3.8) is 0 Å². The van der Waals surface area contributed by atoms with E-state index in [4.69, 9.17) is 0 Å². The number of nitrogens with zero attached hydrogens (tertiary/aromatic N) is 3. The van der Waals surface area contributed by atoms with Gasteiger partial charge in [0.25, 0.3) is 0 Å². The van der Waals surface area contributed by atoms with Gasteiger partial charge in [-0.1, -0.05) is 12.1 Å². The van der Waals surface area contributed by atoms with Crippen LogP contribution in [0.4, 0.5) is 4.39 Å². The number of carbonyl (C=O) groups excluding carboxylic acids is 1. The summed E-state index contributed by atoms with van der Waals surface area (Å²) >= 11 is 0. The molecule has 23 heavy (non-hydrogen) atoms. The Labute approximate surface area is 134 Å². The van der Waals surface area contributed by atoms with E-state index in [1.165, 1.54) is 12.1 Å². The van der Waals surface area contributed by atoms with Crippen LogP contribution in [0.2, 0.25) is 0 Å². The Kier molecular flexibility index (Phi) is 4.43. The largest absolute Gasteiger partial charge is 0.391 e. The average molecular weight is 317 g/mol. The van der Waals surface area contributed by atoms with E-state index >= 15 is 0 Å². The minimum atomic E-state index is -0.535. The highest BCUT2D eigenvalue weighted by Gasteiger charge is 2.35. The third-order valence-electron chi connectivity index (χ3n) is 4.28. The molecule has 2 aromatic rings. The summed E-state index contributed by atoms with van der Waals surface area (Å²) in [5.74, 6) is -0.426. The van der Waals surface area contributed by atoms with Crippen LogP contribution in [0.15, 0.2) is 36.7 Å². The monoisotopic (exact) mass is 317 g/mol. The zero-order valence-corrected chi connectivity index (χ0v) is 13.0. The molecule has 1 aromatic carbocycles. The van der Waals surface area contributed by atoms with Crippen LogP contribution in [0.3, 0.4) is 0 Å². The first kappa shape index (κ1) is 15.7. The molecule has 0 aliphatic carbocycles. The van der Waals surface area contributed by atoms with Gasteiger partial charge in [-0.3, -0.25) is 9.48 Å². The summed E-state index contributed by atoms with van der Waals surface area (Å²) in [5, 5.41) is 14.3. The number of aromatic nitrogens is 2. The van der Waals surface area contributed by atoms with Crippen LogP contribution in [0.25, 0.3) is 0 Å². The maximum atomic E-state index is 13.2. The molecule has 2 heterocycles. The number of likely N-dealkylation sites (tertiary alicyclic amines) is 1. The van der Waals surface area contributed by atoms with Crippen LogP contribution in [0.5, 0.6) is 0 Å². The highest BCUT2D eigenvalue weighted by atomic mass is 19.1. The lowest BCUT2D eigenvalue weighted by atomic mass is 10.0. The molecule has 1 N–H and O–H groups in total. The zero-order chi connectivity index (χ0) is 16.4. The van der Waals surface area contributed by atoms with Crippen molar-refractivity contribution in [2.24, 2.45) is 7.05 Å². The number of amides is 1. The molecule has 1 aliphatic rings.